The molecule has 0 amide bonds. The van der Waals surface area contributed by atoms with Gasteiger partial charge in [-0.1, -0.05) is 12.1 Å². The molecular formula is C16H13N3O3. The molecule has 0 bridgehead atoms. The summed E-state index contributed by atoms with van der Waals surface area (Å²) < 4.78 is 7.07. The maximum Gasteiger partial charge on any atom is 0.203 e. The number of ether oxygens (including phenoxy) is 1. The average Bonchev–Trinajstić information content (AvgIpc) is 3.08. The number of phenols is 1. The van der Waals surface area contributed by atoms with E-state index in [0.29, 0.717) is 5.75 Å². The maximum absolute atomic E-state index is 12.0. The number of aromatic hydroxyl groups is 1. The molecule has 6 heteroatoms. The zero-order valence-corrected chi connectivity index (χ0v) is 11.6. The van der Waals surface area contributed by atoms with Crippen molar-refractivity contribution in [2.24, 2.45) is 0 Å². The van der Waals surface area contributed by atoms with Crippen LogP contribution in [0.5, 0.6) is 11.5 Å². The molecule has 0 unspecified atom stereocenters. The first kappa shape index (κ1) is 13.8. The SMILES string of the molecule is O=C(COc1ccc(-n2cncn2)cc1)c1ccccc1O. The number of hydrogen-bond donors (Lipinski definition) is 1. The Balaban J connectivity index is 1.64. The number of Topliss-reactive ketones (excluding diaryl/α,β-unsaturated/α-hetero) is 1. The van der Waals surface area contributed by atoms with Crippen molar-refractivity contribution in [2.75, 3.05) is 6.61 Å². The highest BCUT2D eigenvalue weighted by atomic mass is 16.5. The summed E-state index contributed by atoms with van der Waals surface area (Å²) in [5, 5.41) is 13.7. The molecule has 6 nitrogen and oxygen atoms in total. The van der Waals surface area contributed by atoms with Crippen LogP contribution in [0.3, 0.4) is 0 Å². The quantitative estimate of drug-likeness (QED) is 0.730. The lowest BCUT2D eigenvalue weighted by molar-refractivity contribution is 0.0919. The number of phenolic OH excluding ortho intramolecular Hbond substituents is 1. The summed E-state index contributed by atoms with van der Waals surface area (Å²) in [6, 6.07) is 13.5. The minimum Gasteiger partial charge on any atom is -0.507 e. The van der Waals surface area contributed by atoms with E-state index in [1.165, 1.54) is 12.4 Å². The monoisotopic (exact) mass is 295 g/mol. The molecular weight excluding hydrogens is 282 g/mol. The van der Waals surface area contributed by atoms with Crippen molar-refractivity contribution in [3.8, 4) is 17.2 Å². The van der Waals surface area contributed by atoms with Crippen LogP contribution < -0.4 is 4.74 Å². The van der Waals surface area contributed by atoms with Gasteiger partial charge in [0.05, 0.1) is 11.3 Å². The van der Waals surface area contributed by atoms with Gasteiger partial charge in [-0.05, 0) is 36.4 Å². The predicted octanol–water partition coefficient (Wildman–Crippen LogP) is 2.23. The summed E-state index contributed by atoms with van der Waals surface area (Å²) >= 11 is 0. The van der Waals surface area contributed by atoms with Gasteiger partial charge in [0.15, 0.2) is 6.61 Å². The Bertz CT molecular complexity index is 768. The van der Waals surface area contributed by atoms with Gasteiger partial charge in [-0.15, -0.1) is 0 Å². The summed E-state index contributed by atoms with van der Waals surface area (Å²) in [6.45, 7) is -0.139. The molecule has 3 rings (SSSR count). The van der Waals surface area contributed by atoms with Crippen molar-refractivity contribution in [3.05, 3.63) is 66.7 Å². The highest BCUT2D eigenvalue weighted by Crippen LogP contribution is 2.18. The number of rotatable bonds is 5. The first-order chi connectivity index (χ1) is 10.7. The van der Waals surface area contributed by atoms with E-state index in [1.807, 2.05) is 12.1 Å². The lowest BCUT2D eigenvalue weighted by Gasteiger charge is -2.07. The molecule has 2 aromatic carbocycles. The third-order valence-electron chi connectivity index (χ3n) is 3.09. The molecule has 0 spiro atoms. The third-order valence-corrected chi connectivity index (χ3v) is 3.09. The Kier molecular flexibility index (Phi) is 3.82. The van der Waals surface area contributed by atoms with Crippen LogP contribution in [0.4, 0.5) is 0 Å². The van der Waals surface area contributed by atoms with E-state index in [1.54, 1.807) is 41.3 Å². The first-order valence-electron chi connectivity index (χ1n) is 6.63. The lowest BCUT2D eigenvalue weighted by atomic mass is 10.1. The van der Waals surface area contributed by atoms with Crippen LogP contribution in [0.15, 0.2) is 61.2 Å². The number of nitrogens with zero attached hydrogens (tertiary/aromatic N) is 3. The molecule has 0 atom stereocenters. The Morgan fingerprint density at radius 2 is 1.91 bits per heavy atom. The van der Waals surface area contributed by atoms with E-state index in [-0.39, 0.29) is 23.7 Å². The van der Waals surface area contributed by atoms with Gasteiger partial charge in [-0.3, -0.25) is 4.79 Å². The first-order valence-corrected chi connectivity index (χ1v) is 6.63. The average molecular weight is 295 g/mol. The van der Waals surface area contributed by atoms with Crippen molar-refractivity contribution < 1.29 is 14.6 Å². The van der Waals surface area contributed by atoms with Gasteiger partial charge in [0.1, 0.15) is 24.2 Å². The van der Waals surface area contributed by atoms with Crippen molar-refractivity contribution in [2.45, 2.75) is 0 Å². The van der Waals surface area contributed by atoms with Crippen molar-refractivity contribution >= 4 is 5.78 Å². The molecule has 0 saturated heterocycles. The predicted molar refractivity (Wildman–Crippen MR) is 79.3 cm³/mol. The normalized spacial score (nSPS) is 10.4. The fraction of sp³-hybridized carbons (Fsp3) is 0.0625. The maximum atomic E-state index is 12.0. The van der Waals surface area contributed by atoms with E-state index in [2.05, 4.69) is 10.1 Å². The van der Waals surface area contributed by atoms with Crippen molar-refractivity contribution in [1.29, 1.82) is 0 Å². The topological polar surface area (TPSA) is 77.2 Å². The summed E-state index contributed by atoms with van der Waals surface area (Å²) in [5.41, 5.74) is 1.10. The molecule has 1 aromatic heterocycles. The van der Waals surface area contributed by atoms with Gasteiger partial charge in [-0.2, -0.15) is 5.10 Å². The minimum absolute atomic E-state index is 0.0439. The highest BCUT2D eigenvalue weighted by Gasteiger charge is 2.11. The molecule has 3 aromatic rings. The van der Waals surface area contributed by atoms with Gasteiger partial charge in [0.25, 0.3) is 0 Å². The number of para-hydroxylation sites is 1. The molecule has 22 heavy (non-hydrogen) atoms. The van der Waals surface area contributed by atoms with Gasteiger partial charge in [0, 0.05) is 0 Å². The van der Waals surface area contributed by atoms with Crippen molar-refractivity contribution in [3.63, 3.8) is 0 Å². The zero-order valence-electron chi connectivity index (χ0n) is 11.6. The van der Waals surface area contributed by atoms with Gasteiger partial charge in [-0.25, -0.2) is 9.67 Å². The van der Waals surface area contributed by atoms with Gasteiger partial charge < -0.3 is 9.84 Å². The Morgan fingerprint density at radius 3 is 2.59 bits per heavy atom. The molecule has 1 heterocycles. The largest absolute Gasteiger partial charge is 0.507 e. The fourth-order valence-electron chi connectivity index (χ4n) is 1.97. The molecule has 0 aliphatic rings. The highest BCUT2D eigenvalue weighted by molar-refractivity contribution is 5.99. The van der Waals surface area contributed by atoms with Crippen LogP contribution >= 0.6 is 0 Å². The number of benzene rings is 2. The second-order valence-electron chi connectivity index (χ2n) is 4.56. The second-order valence-corrected chi connectivity index (χ2v) is 4.56. The number of ketones is 1. The number of hydrogen-bond acceptors (Lipinski definition) is 5. The van der Waals surface area contributed by atoms with Crippen LogP contribution in [0, 0.1) is 0 Å². The van der Waals surface area contributed by atoms with E-state index >= 15 is 0 Å². The summed E-state index contributed by atoms with van der Waals surface area (Å²) in [6.07, 6.45) is 3.05. The molecule has 0 radical (unpaired) electrons. The molecule has 1 N–H and O–H groups in total. The third kappa shape index (κ3) is 2.95. The minimum atomic E-state index is -0.279. The summed E-state index contributed by atoms with van der Waals surface area (Å²) in [7, 11) is 0. The fourth-order valence-corrected chi connectivity index (χ4v) is 1.97. The summed E-state index contributed by atoms with van der Waals surface area (Å²) in [5.74, 6) is 0.240. The Morgan fingerprint density at radius 1 is 1.14 bits per heavy atom. The van der Waals surface area contributed by atoms with Crippen LogP contribution in [0.2, 0.25) is 0 Å². The number of carbonyl (C=O) groups is 1. The van der Waals surface area contributed by atoms with Crippen LogP contribution in [-0.2, 0) is 0 Å². The Labute approximate surface area is 126 Å². The smallest absolute Gasteiger partial charge is 0.203 e. The standard InChI is InChI=1S/C16H13N3O3/c20-15-4-2-1-3-14(15)16(21)9-22-13-7-5-12(6-8-13)19-11-17-10-18-19/h1-8,10-11,20H,9H2. The van der Waals surface area contributed by atoms with Crippen LogP contribution in [0.25, 0.3) is 5.69 Å². The molecule has 0 aliphatic carbocycles. The number of carbonyl (C=O) groups excluding carboxylic acids is 1. The zero-order chi connectivity index (χ0) is 15.4. The number of aromatic nitrogens is 3. The molecule has 0 fully saturated rings. The van der Waals surface area contributed by atoms with Crippen molar-refractivity contribution in [1.82, 2.24) is 14.8 Å². The van der Waals surface area contributed by atoms with Crippen LogP contribution in [0.1, 0.15) is 10.4 Å². The molecule has 0 aliphatic heterocycles. The van der Waals surface area contributed by atoms with E-state index in [0.717, 1.165) is 5.69 Å². The Hall–Kier alpha value is -3.15. The van der Waals surface area contributed by atoms with Crippen LogP contribution in [-0.4, -0.2) is 32.3 Å². The molecule has 0 saturated carbocycles. The van der Waals surface area contributed by atoms with E-state index < -0.39 is 0 Å². The van der Waals surface area contributed by atoms with E-state index in [4.69, 9.17) is 4.74 Å². The van der Waals surface area contributed by atoms with Gasteiger partial charge in [0.2, 0.25) is 5.78 Å². The van der Waals surface area contributed by atoms with E-state index in [9.17, 15) is 9.90 Å². The molecule has 110 valence electrons. The summed E-state index contributed by atoms with van der Waals surface area (Å²) in [4.78, 5) is 15.9. The van der Waals surface area contributed by atoms with Gasteiger partial charge >= 0.3 is 0 Å². The lowest BCUT2D eigenvalue weighted by Crippen LogP contribution is -2.11. The second kappa shape index (κ2) is 6.09.